The standard InChI is InChI=1S/C29H28ClFN8O4/c1-3-16-6-4-8-21(34-28(41)24-15-39(38-37-24)25-9-5-7-20(30)26(25)31)23-12-17(14-32-36-23)19-11-10-18(33-29(42)43-2)13-22(19)35-27(16)40/h5,7,9-16,21H,3-4,6,8H2,1-2H3,(H,33,42)(H,34,41)(H,35,40)/t16?,21-/m0/s1. The average molecular weight is 607 g/mol. The second-order valence-electron chi connectivity index (χ2n) is 9.92. The number of nitrogens with zero attached hydrogens (tertiary/aromatic N) is 5. The van der Waals surface area contributed by atoms with E-state index >= 15 is 0 Å². The van der Waals surface area contributed by atoms with E-state index in [0.717, 1.165) is 4.68 Å². The molecule has 5 rings (SSSR count). The molecule has 2 bridgehead atoms. The number of anilines is 2. The Morgan fingerprint density at radius 1 is 1.19 bits per heavy atom. The summed E-state index contributed by atoms with van der Waals surface area (Å²) in [4.78, 5) is 38.4. The van der Waals surface area contributed by atoms with Crippen molar-refractivity contribution in [2.45, 2.75) is 38.6 Å². The molecule has 3 N–H and O–H groups in total. The molecule has 222 valence electrons. The highest BCUT2D eigenvalue weighted by molar-refractivity contribution is 6.30. The Morgan fingerprint density at radius 3 is 2.81 bits per heavy atom. The Bertz CT molecular complexity index is 1680. The summed E-state index contributed by atoms with van der Waals surface area (Å²) in [5, 5.41) is 24.8. The Hall–Kier alpha value is -4.91. The zero-order valence-electron chi connectivity index (χ0n) is 23.3. The van der Waals surface area contributed by atoms with Gasteiger partial charge in [0.15, 0.2) is 11.5 Å². The smallest absolute Gasteiger partial charge is 0.411 e. The van der Waals surface area contributed by atoms with Crippen molar-refractivity contribution in [3.8, 4) is 16.8 Å². The fourth-order valence-electron chi connectivity index (χ4n) is 4.85. The molecule has 0 fully saturated rings. The number of halogens is 2. The van der Waals surface area contributed by atoms with Crippen LogP contribution in [0.25, 0.3) is 16.8 Å². The van der Waals surface area contributed by atoms with E-state index in [4.69, 9.17) is 11.6 Å². The van der Waals surface area contributed by atoms with Gasteiger partial charge in [-0.2, -0.15) is 10.2 Å². The van der Waals surface area contributed by atoms with E-state index in [1.165, 1.54) is 25.4 Å². The van der Waals surface area contributed by atoms with E-state index in [2.05, 4.69) is 41.2 Å². The third kappa shape index (κ3) is 6.61. The van der Waals surface area contributed by atoms with Gasteiger partial charge in [0.1, 0.15) is 5.69 Å². The van der Waals surface area contributed by atoms with E-state index in [9.17, 15) is 18.8 Å². The topological polar surface area (TPSA) is 153 Å². The lowest BCUT2D eigenvalue weighted by molar-refractivity contribution is -0.120. The molecule has 43 heavy (non-hydrogen) atoms. The average Bonchev–Trinajstić information content (AvgIpc) is 3.50. The van der Waals surface area contributed by atoms with Crippen LogP contribution in [0.3, 0.4) is 0 Å². The Labute approximate surface area is 251 Å². The molecule has 0 radical (unpaired) electrons. The quantitative estimate of drug-likeness (QED) is 0.276. The summed E-state index contributed by atoms with van der Waals surface area (Å²) in [7, 11) is 1.26. The molecule has 12 nitrogen and oxygen atoms in total. The van der Waals surface area contributed by atoms with Crippen molar-refractivity contribution in [1.82, 2.24) is 30.5 Å². The maximum atomic E-state index is 14.5. The van der Waals surface area contributed by atoms with Crippen LogP contribution in [0.4, 0.5) is 20.6 Å². The van der Waals surface area contributed by atoms with Crippen LogP contribution in [0.2, 0.25) is 5.02 Å². The molecule has 0 aliphatic carbocycles. The van der Waals surface area contributed by atoms with Gasteiger partial charge in [-0.25, -0.2) is 13.9 Å². The van der Waals surface area contributed by atoms with Gasteiger partial charge in [0.2, 0.25) is 5.91 Å². The highest BCUT2D eigenvalue weighted by Gasteiger charge is 2.25. The Morgan fingerprint density at radius 2 is 2.02 bits per heavy atom. The van der Waals surface area contributed by atoms with Gasteiger partial charge in [-0.05, 0) is 49.6 Å². The first-order valence-electron chi connectivity index (χ1n) is 13.6. The molecular formula is C29H28ClFN8O4. The number of ether oxygens (including phenoxy) is 1. The molecule has 2 atom stereocenters. The van der Waals surface area contributed by atoms with E-state index in [1.807, 2.05) is 6.92 Å². The van der Waals surface area contributed by atoms with Crippen LogP contribution in [0.5, 0.6) is 0 Å². The first kappa shape index (κ1) is 29.6. The Balaban J connectivity index is 1.47. The molecule has 1 aliphatic rings. The third-order valence-electron chi connectivity index (χ3n) is 7.17. The summed E-state index contributed by atoms with van der Waals surface area (Å²) < 4.78 is 20.3. The van der Waals surface area contributed by atoms with Crippen molar-refractivity contribution in [2.24, 2.45) is 5.92 Å². The van der Waals surface area contributed by atoms with Gasteiger partial charge >= 0.3 is 6.09 Å². The van der Waals surface area contributed by atoms with E-state index < -0.39 is 23.9 Å². The van der Waals surface area contributed by atoms with Crippen molar-refractivity contribution >= 4 is 40.9 Å². The number of carbonyl (C=O) groups is 3. The number of methoxy groups -OCH3 is 1. The molecule has 0 saturated heterocycles. The van der Waals surface area contributed by atoms with Gasteiger partial charge in [-0.3, -0.25) is 14.9 Å². The van der Waals surface area contributed by atoms with Crippen molar-refractivity contribution in [2.75, 3.05) is 17.7 Å². The number of carbonyl (C=O) groups excluding carboxylic acids is 3. The number of hydrogen-bond donors (Lipinski definition) is 3. The maximum Gasteiger partial charge on any atom is 0.411 e. The predicted octanol–water partition coefficient (Wildman–Crippen LogP) is 5.31. The molecule has 3 amide bonds. The number of fused-ring (bicyclic) bond motifs is 4. The molecule has 0 saturated carbocycles. The number of benzene rings is 2. The molecule has 4 aromatic rings. The van der Waals surface area contributed by atoms with Crippen LogP contribution >= 0.6 is 11.6 Å². The van der Waals surface area contributed by atoms with E-state index in [-0.39, 0.29) is 28.2 Å². The molecule has 3 heterocycles. The summed E-state index contributed by atoms with van der Waals surface area (Å²) >= 11 is 5.89. The second-order valence-corrected chi connectivity index (χ2v) is 10.3. The van der Waals surface area contributed by atoms with Crippen LogP contribution < -0.4 is 16.0 Å². The van der Waals surface area contributed by atoms with Crippen molar-refractivity contribution in [3.63, 3.8) is 0 Å². The van der Waals surface area contributed by atoms with Gasteiger partial charge in [-0.15, -0.1) is 5.10 Å². The minimum Gasteiger partial charge on any atom is -0.453 e. The molecule has 2 aromatic heterocycles. The SMILES string of the molecule is CCC1CCC[C@H](NC(=O)c2cn(-c3cccc(Cl)c3F)nn2)c2cc(cnn2)-c2ccc(NC(=O)OC)cc2NC1=O. The molecule has 1 aliphatic heterocycles. The minimum atomic E-state index is -0.685. The summed E-state index contributed by atoms with van der Waals surface area (Å²) in [5.74, 6) is -1.68. The number of amides is 3. The zero-order valence-corrected chi connectivity index (χ0v) is 24.1. The van der Waals surface area contributed by atoms with Crippen LogP contribution in [0.1, 0.15) is 54.8 Å². The van der Waals surface area contributed by atoms with Crippen LogP contribution in [-0.2, 0) is 9.53 Å². The summed E-state index contributed by atoms with van der Waals surface area (Å²) in [5.41, 5.74) is 2.72. The highest BCUT2D eigenvalue weighted by Crippen LogP contribution is 2.34. The maximum absolute atomic E-state index is 14.5. The fourth-order valence-corrected chi connectivity index (χ4v) is 5.02. The van der Waals surface area contributed by atoms with Crippen molar-refractivity contribution in [3.05, 3.63) is 77.1 Å². The minimum absolute atomic E-state index is 0.0311. The predicted molar refractivity (Wildman–Crippen MR) is 156 cm³/mol. The van der Waals surface area contributed by atoms with Crippen LogP contribution in [-0.4, -0.2) is 50.2 Å². The molecule has 2 aromatic carbocycles. The number of hydrogen-bond acceptors (Lipinski definition) is 8. The van der Waals surface area contributed by atoms with Gasteiger partial charge in [0.25, 0.3) is 5.91 Å². The molecule has 0 spiro atoms. The Kier molecular flexibility index (Phi) is 8.90. The lowest BCUT2D eigenvalue weighted by Gasteiger charge is -2.22. The van der Waals surface area contributed by atoms with Crippen LogP contribution in [0.15, 0.2) is 54.9 Å². The first-order chi connectivity index (χ1) is 20.8. The van der Waals surface area contributed by atoms with Gasteiger partial charge in [-0.1, -0.05) is 42.3 Å². The highest BCUT2D eigenvalue weighted by atomic mass is 35.5. The number of aromatic nitrogens is 5. The summed E-state index contributed by atoms with van der Waals surface area (Å²) in [6, 6.07) is 10.7. The largest absolute Gasteiger partial charge is 0.453 e. The lowest BCUT2D eigenvalue weighted by atomic mass is 9.93. The van der Waals surface area contributed by atoms with Gasteiger partial charge in [0.05, 0.1) is 41.9 Å². The number of rotatable bonds is 5. The lowest BCUT2D eigenvalue weighted by Crippen LogP contribution is -2.30. The van der Waals surface area contributed by atoms with E-state index in [0.29, 0.717) is 53.9 Å². The van der Waals surface area contributed by atoms with Gasteiger partial charge in [0, 0.05) is 22.7 Å². The van der Waals surface area contributed by atoms with Crippen LogP contribution in [0, 0.1) is 11.7 Å². The molecule has 14 heteroatoms. The monoisotopic (exact) mass is 606 g/mol. The normalized spacial score (nSPS) is 16.6. The summed E-state index contributed by atoms with van der Waals surface area (Å²) in [6.07, 6.45) is 4.45. The first-order valence-corrected chi connectivity index (χ1v) is 14.0. The van der Waals surface area contributed by atoms with E-state index in [1.54, 1.807) is 36.5 Å². The summed E-state index contributed by atoms with van der Waals surface area (Å²) in [6.45, 7) is 1.94. The number of nitrogens with one attached hydrogen (secondary N) is 3. The zero-order chi connectivity index (χ0) is 30.5. The van der Waals surface area contributed by atoms with Gasteiger partial charge < -0.3 is 15.4 Å². The molecular weight excluding hydrogens is 579 g/mol. The molecule has 1 unspecified atom stereocenters. The van der Waals surface area contributed by atoms with Crippen molar-refractivity contribution < 1.29 is 23.5 Å². The fraction of sp³-hybridized carbons (Fsp3) is 0.276. The second kappa shape index (κ2) is 12.9. The van der Waals surface area contributed by atoms with Crippen molar-refractivity contribution in [1.29, 1.82) is 0 Å². The third-order valence-corrected chi connectivity index (χ3v) is 7.46.